The number of ether oxygens (including phenoxy) is 1. The van der Waals surface area contributed by atoms with Crippen molar-refractivity contribution in [1.29, 1.82) is 0 Å². The van der Waals surface area contributed by atoms with Crippen molar-refractivity contribution in [2.24, 2.45) is 0 Å². The molecule has 0 spiro atoms. The molecule has 1 rings (SSSR count). The molecule has 0 aliphatic heterocycles. The second-order valence-electron chi connectivity index (χ2n) is 3.42. The third-order valence-corrected chi connectivity index (χ3v) is 2.35. The molecule has 1 unspecified atom stereocenters. The maximum absolute atomic E-state index is 11.1. The molecule has 0 heterocycles. The number of esters is 1. The molecule has 1 aromatic rings. The van der Waals surface area contributed by atoms with Gasteiger partial charge in [0, 0.05) is 6.42 Å². The summed E-state index contributed by atoms with van der Waals surface area (Å²) in [4.78, 5) is 21.5. The molecule has 1 aromatic carbocycles. The summed E-state index contributed by atoms with van der Waals surface area (Å²) in [6.45, 7) is 1.97. The summed E-state index contributed by atoms with van der Waals surface area (Å²) in [7, 11) is 1.35. The van der Waals surface area contributed by atoms with E-state index < -0.39 is 0 Å². The molecule has 0 bridgehead atoms. The van der Waals surface area contributed by atoms with Crippen LogP contribution in [0, 0.1) is 0 Å². The minimum Gasteiger partial charge on any atom is -0.465 e. The van der Waals surface area contributed by atoms with Crippen molar-refractivity contribution < 1.29 is 14.3 Å². The quantitative estimate of drug-likeness (QED) is 0.560. The standard InChI is InChI=1S/C12H14O3/c1-9(7-8-13)10-3-5-11(6-4-10)12(14)15-2/h3-6,8-9H,7H2,1-2H3. The van der Waals surface area contributed by atoms with E-state index in [9.17, 15) is 9.59 Å². The Morgan fingerprint density at radius 1 is 1.40 bits per heavy atom. The van der Waals surface area contributed by atoms with E-state index in [0.717, 1.165) is 11.8 Å². The molecule has 0 aliphatic rings. The summed E-state index contributed by atoms with van der Waals surface area (Å²) in [5, 5.41) is 0. The largest absolute Gasteiger partial charge is 0.465 e. The molecule has 0 radical (unpaired) electrons. The Morgan fingerprint density at radius 2 is 2.00 bits per heavy atom. The number of hydrogen-bond acceptors (Lipinski definition) is 3. The Labute approximate surface area is 89.1 Å². The lowest BCUT2D eigenvalue weighted by molar-refractivity contribution is -0.108. The van der Waals surface area contributed by atoms with Gasteiger partial charge in [-0.25, -0.2) is 4.79 Å². The second kappa shape index (κ2) is 5.29. The predicted octanol–water partition coefficient (Wildman–Crippen LogP) is 2.17. The highest BCUT2D eigenvalue weighted by molar-refractivity contribution is 5.89. The molecular formula is C12H14O3. The highest BCUT2D eigenvalue weighted by Gasteiger charge is 2.07. The lowest BCUT2D eigenvalue weighted by Gasteiger charge is -2.08. The van der Waals surface area contributed by atoms with Crippen molar-refractivity contribution in [3.8, 4) is 0 Å². The Balaban J connectivity index is 2.80. The van der Waals surface area contributed by atoms with Gasteiger partial charge in [-0.05, 0) is 23.6 Å². The molecule has 0 saturated carbocycles. The molecule has 1 atom stereocenters. The summed E-state index contributed by atoms with van der Waals surface area (Å²) in [6, 6.07) is 7.12. The number of carbonyl (C=O) groups excluding carboxylic acids is 2. The lowest BCUT2D eigenvalue weighted by Crippen LogP contribution is -2.01. The fourth-order valence-electron chi connectivity index (χ4n) is 1.35. The van der Waals surface area contributed by atoms with Crippen LogP contribution < -0.4 is 0 Å². The minimum atomic E-state index is -0.343. The number of aldehydes is 1. The monoisotopic (exact) mass is 206 g/mol. The first-order valence-corrected chi connectivity index (χ1v) is 4.81. The van der Waals surface area contributed by atoms with Gasteiger partial charge in [0.2, 0.25) is 0 Å². The fraction of sp³-hybridized carbons (Fsp3) is 0.333. The van der Waals surface area contributed by atoms with Gasteiger partial charge in [0.05, 0.1) is 12.7 Å². The predicted molar refractivity (Wildman–Crippen MR) is 56.9 cm³/mol. The number of methoxy groups -OCH3 is 1. The van der Waals surface area contributed by atoms with E-state index in [1.807, 2.05) is 19.1 Å². The third kappa shape index (κ3) is 2.91. The van der Waals surface area contributed by atoms with Crippen molar-refractivity contribution in [2.75, 3.05) is 7.11 Å². The Morgan fingerprint density at radius 3 is 2.47 bits per heavy atom. The average molecular weight is 206 g/mol. The van der Waals surface area contributed by atoms with Crippen LogP contribution >= 0.6 is 0 Å². The minimum absolute atomic E-state index is 0.189. The van der Waals surface area contributed by atoms with Crippen molar-refractivity contribution in [1.82, 2.24) is 0 Å². The molecule has 0 fully saturated rings. The van der Waals surface area contributed by atoms with Crippen LogP contribution in [0.1, 0.15) is 35.2 Å². The van der Waals surface area contributed by atoms with E-state index in [1.165, 1.54) is 7.11 Å². The van der Waals surface area contributed by atoms with E-state index in [0.29, 0.717) is 12.0 Å². The van der Waals surface area contributed by atoms with Crippen molar-refractivity contribution in [3.05, 3.63) is 35.4 Å². The van der Waals surface area contributed by atoms with Gasteiger partial charge in [-0.1, -0.05) is 19.1 Å². The molecular weight excluding hydrogens is 192 g/mol. The van der Waals surface area contributed by atoms with Gasteiger partial charge in [0.15, 0.2) is 0 Å². The van der Waals surface area contributed by atoms with Crippen LogP contribution in [-0.2, 0) is 9.53 Å². The number of benzene rings is 1. The topological polar surface area (TPSA) is 43.4 Å². The zero-order valence-corrected chi connectivity index (χ0v) is 8.90. The van der Waals surface area contributed by atoms with Crippen LogP contribution in [0.2, 0.25) is 0 Å². The first-order valence-electron chi connectivity index (χ1n) is 4.81. The van der Waals surface area contributed by atoms with Crippen LogP contribution in [0.4, 0.5) is 0 Å². The molecule has 0 N–H and O–H groups in total. The van der Waals surface area contributed by atoms with Gasteiger partial charge in [0.1, 0.15) is 6.29 Å². The van der Waals surface area contributed by atoms with Crippen LogP contribution in [0.15, 0.2) is 24.3 Å². The summed E-state index contributed by atoms with van der Waals surface area (Å²) < 4.78 is 4.59. The highest BCUT2D eigenvalue weighted by atomic mass is 16.5. The van der Waals surface area contributed by atoms with E-state index in [4.69, 9.17) is 0 Å². The lowest BCUT2D eigenvalue weighted by atomic mass is 9.97. The highest BCUT2D eigenvalue weighted by Crippen LogP contribution is 2.18. The van der Waals surface area contributed by atoms with Crippen LogP contribution in [0.3, 0.4) is 0 Å². The average Bonchev–Trinajstić information content (AvgIpc) is 2.28. The Hall–Kier alpha value is -1.64. The normalized spacial score (nSPS) is 11.9. The van der Waals surface area contributed by atoms with Gasteiger partial charge in [0.25, 0.3) is 0 Å². The molecule has 80 valence electrons. The van der Waals surface area contributed by atoms with E-state index >= 15 is 0 Å². The van der Waals surface area contributed by atoms with Gasteiger partial charge in [-0.15, -0.1) is 0 Å². The van der Waals surface area contributed by atoms with Gasteiger partial charge < -0.3 is 9.53 Å². The van der Waals surface area contributed by atoms with Gasteiger partial charge in [-0.3, -0.25) is 0 Å². The first kappa shape index (κ1) is 11.4. The van der Waals surface area contributed by atoms with E-state index in [2.05, 4.69) is 4.74 Å². The number of carbonyl (C=O) groups is 2. The Kier molecular flexibility index (Phi) is 4.03. The van der Waals surface area contributed by atoms with Crippen LogP contribution in [0.25, 0.3) is 0 Å². The van der Waals surface area contributed by atoms with Crippen molar-refractivity contribution in [2.45, 2.75) is 19.3 Å². The maximum Gasteiger partial charge on any atom is 0.337 e. The summed E-state index contributed by atoms with van der Waals surface area (Å²) in [5.74, 6) is -0.154. The summed E-state index contributed by atoms with van der Waals surface area (Å²) >= 11 is 0. The fourth-order valence-corrected chi connectivity index (χ4v) is 1.35. The molecule has 0 aromatic heterocycles. The zero-order valence-electron chi connectivity index (χ0n) is 8.90. The number of hydrogen-bond donors (Lipinski definition) is 0. The van der Waals surface area contributed by atoms with E-state index in [1.54, 1.807) is 12.1 Å². The SMILES string of the molecule is COC(=O)c1ccc(C(C)CC=O)cc1. The molecule has 15 heavy (non-hydrogen) atoms. The van der Waals surface area contributed by atoms with Gasteiger partial charge in [-0.2, -0.15) is 0 Å². The zero-order chi connectivity index (χ0) is 11.3. The molecule has 0 saturated heterocycles. The van der Waals surface area contributed by atoms with Crippen molar-refractivity contribution >= 4 is 12.3 Å². The summed E-state index contributed by atoms with van der Waals surface area (Å²) in [6.07, 6.45) is 1.40. The second-order valence-corrected chi connectivity index (χ2v) is 3.42. The third-order valence-electron chi connectivity index (χ3n) is 2.35. The van der Waals surface area contributed by atoms with Crippen molar-refractivity contribution in [3.63, 3.8) is 0 Å². The molecule has 0 amide bonds. The van der Waals surface area contributed by atoms with E-state index in [-0.39, 0.29) is 11.9 Å². The molecule has 3 heteroatoms. The van der Waals surface area contributed by atoms with Crippen LogP contribution in [-0.4, -0.2) is 19.4 Å². The Bertz CT molecular complexity index is 340. The first-order chi connectivity index (χ1) is 7.19. The summed E-state index contributed by atoms with van der Waals surface area (Å²) in [5.41, 5.74) is 1.58. The maximum atomic E-state index is 11.1. The smallest absolute Gasteiger partial charge is 0.337 e. The molecule has 3 nitrogen and oxygen atoms in total. The van der Waals surface area contributed by atoms with Gasteiger partial charge >= 0.3 is 5.97 Å². The molecule has 0 aliphatic carbocycles. The number of rotatable bonds is 4. The van der Waals surface area contributed by atoms with Crippen LogP contribution in [0.5, 0.6) is 0 Å².